The highest BCUT2D eigenvalue weighted by Crippen LogP contribution is 2.39. The van der Waals surface area contributed by atoms with Crippen molar-refractivity contribution in [3.63, 3.8) is 0 Å². The summed E-state index contributed by atoms with van der Waals surface area (Å²) in [5.74, 6) is -2.37. The average Bonchev–Trinajstić information content (AvgIpc) is 2.34. The van der Waals surface area contributed by atoms with E-state index in [9.17, 15) is 14.4 Å². The monoisotopic (exact) mass is 258 g/mol. The number of carbonyl (C=O) groups excluding carboxylic acids is 2. The predicted molar refractivity (Wildman–Crippen MR) is 57.7 cm³/mol. The molecule has 0 radical (unpaired) electrons. The molecule has 2 heterocycles. The van der Waals surface area contributed by atoms with Gasteiger partial charge >= 0.3 is 11.9 Å². The van der Waals surface area contributed by atoms with Gasteiger partial charge in [-0.1, -0.05) is 0 Å². The molecule has 2 aliphatic rings. The molecule has 2 rings (SSSR count). The molecule has 3 N–H and O–H groups in total. The second-order valence-electron chi connectivity index (χ2n) is 3.56. The van der Waals surface area contributed by atoms with Gasteiger partial charge in [0.2, 0.25) is 5.91 Å². The molecule has 8 heteroatoms. The lowest BCUT2D eigenvalue weighted by molar-refractivity contribution is -0.148. The van der Waals surface area contributed by atoms with E-state index < -0.39 is 29.3 Å². The number of esters is 1. The molecule has 0 aromatic rings. The first kappa shape index (κ1) is 11.9. The van der Waals surface area contributed by atoms with E-state index in [1.165, 1.54) is 11.8 Å². The predicted octanol–water partition coefficient (Wildman–Crippen LogP) is -1.26. The van der Waals surface area contributed by atoms with Gasteiger partial charge in [-0.25, -0.2) is 9.59 Å². The van der Waals surface area contributed by atoms with Crippen molar-refractivity contribution < 1.29 is 24.2 Å². The maximum absolute atomic E-state index is 11.5. The molecule has 0 aromatic heterocycles. The van der Waals surface area contributed by atoms with Crippen molar-refractivity contribution in [1.82, 2.24) is 4.90 Å². The Balaban J connectivity index is 2.43. The molecule has 1 saturated heterocycles. The smallest absolute Gasteiger partial charge is 0.353 e. The van der Waals surface area contributed by atoms with Gasteiger partial charge < -0.3 is 15.6 Å². The van der Waals surface area contributed by atoms with Crippen molar-refractivity contribution in [3.8, 4) is 0 Å². The van der Waals surface area contributed by atoms with Crippen LogP contribution in [0.15, 0.2) is 11.3 Å². The molecule has 0 bridgehead atoms. The summed E-state index contributed by atoms with van der Waals surface area (Å²) >= 11 is 1.26. The molecule has 0 spiro atoms. The average molecular weight is 258 g/mol. The number of amides is 1. The summed E-state index contributed by atoms with van der Waals surface area (Å²) < 4.78 is 4.50. The number of ether oxygens (including phenoxy) is 1. The van der Waals surface area contributed by atoms with Crippen LogP contribution < -0.4 is 5.73 Å². The number of aliphatic carboxylic acids is 1. The fraction of sp³-hybridized carbons (Fsp3) is 0.444. The third kappa shape index (κ3) is 1.60. The Morgan fingerprint density at radius 3 is 2.76 bits per heavy atom. The Hall–Kier alpha value is -1.54. The summed E-state index contributed by atoms with van der Waals surface area (Å²) in [7, 11) is 1.16. The summed E-state index contributed by atoms with van der Waals surface area (Å²) in [4.78, 5) is 35.1. The quantitative estimate of drug-likeness (QED) is 0.470. The van der Waals surface area contributed by atoms with Crippen LogP contribution in [0.3, 0.4) is 0 Å². The molecule has 2 aliphatic heterocycles. The van der Waals surface area contributed by atoms with Gasteiger partial charge in [-0.15, -0.1) is 11.8 Å². The van der Waals surface area contributed by atoms with Crippen LogP contribution in [-0.4, -0.2) is 52.1 Å². The highest BCUT2D eigenvalue weighted by atomic mass is 32.2. The minimum atomic E-state index is -1.32. The number of methoxy groups -OCH3 is 1. The zero-order chi connectivity index (χ0) is 12.7. The van der Waals surface area contributed by atoms with E-state index in [1.54, 1.807) is 0 Å². The van der Waals surface area contributed by atoms with Crippen LogP contribution in [0.5, 0.6) is 0 Å². The van der Waals surface area contributed by atoms with Gasteiger partial charge in [0.05, 0.1) is 12.7 Å². The topological polar surface area (TPSA) is 110 Å². The van der Waals surface area contributed by atoms with Crippen molar-refractivity contribution >= 4 is 29.6 Å². The number of nitrogens with zero attached hydrogens (tertiary/aromatic N) is 1. The number of hydrogen-bond donors (Lipinski definition) is 2. The van der Waals surface area contributed by atoms with E-state index >= 15 is 0 Å². The number of hydrogen-bond acceptors (Lipinski definition) is 6. The van der Waals surface area contributed by atoms with E-state index in [0.717, 1.165) is 12.0 Å². The molecule has 1 fully saturated rings. The van der Waals surface area contributed by atoms with Crippen LogP contribution in [0, 0.1) is 0 Å². The SMILES string of the molecule is COC(=O)C1=C(C(=O)O)N2C(=O)C(N)[C@@H]2SC1. The maximum Gasteiger partial charge on any atom is 0.353 e. The fourth-order valence-electron chi connectivity index (χ4n) is 1.80. The van der Waals surface area contributed by atoms with Gasteiger partial charge in [-0.3, -0.25) is 9.69 Å². The molecule has 92 valence electrons. The van der Waals surface area contributed by atoms with Crippen LogP contribution in [0.25, 0.3) is 0 Å². The number of carboxylic acid groups (broad SMARTS) is 1. The molecule has 1 unspecified atom stereocenters. The normalized spacial score (nSPS) is 27.4. The third-order valence-corrected chi connectivity index (χ3v) is 3.94. The van der Waals surface area contributed by atoms with Crippen molar-refractivity contribution in [2.24, 2.45) is 5.73 Å². The van der Waals surface area contributed by atoms with E-state index in [4.69, 9.17) is 10.8 Å². The molecule has 1 amide bonds. The molecule has 0 aliphatic carbocycles. The summed E-state index contributed by atoms with van der Waals surface area (Å²) in [6.07, 6.45) is 0. The van der Waals surface area contributed by atoms with Crippen LogP contribution in [0.4, 0.5) is 0 Å². The lowest BCUT2D eigenvalue weighted by Gasteiger charge is -2.47. The standard InChI is InChI=1S/C9H10N2O5S/c1-16-9(15)3-2-17-7-4(10)6(12)11(7)5(3)8(13)14/h4,7H,2,10H2,1H3,(H,13,14)/t4?,7-/m0/s1. The minimum Gasteiger partial charge on any atom is -0.477 e. The van der Waals surface area contributed by atoms with Gasteiger partial charge in [0.25, 0.3) is 0 Å². The molecule has 7 nitrogen and oxygen atoms in total. The molecule has 0 aromatic carbocycles. The Bertz CT molecular complexity index is 447. The van der Waals surface area contributed by atoms with Crippen LogP contribution in [-0.2, 0) is 19.1 Å². The van der Waals surface area contributed by atoms with Gasteiger partial charge in [0.15, 0.2) is 0 Å². The van der Waals surface area contributed by atoms with Crippen LogP contribution >= 0.6 is 11.8 Å². The maximum atomic E-state index is 11.5. The van der Waals surface area contributed by atoms with Crippen molar-refractivity contribution in [3.05, 3.63) is 11.3 Å². The van der Waals surface area contributed by atoms with E-state index in [1.807, 2.05) is 0 Å². The van der Waals surface area contributed by atoms with Crippen LogP contribution in [0.1, 0.15) is 0 Å². The molecular formula is C9H10N2O5S. The second-order valence-corrected chi connectivity index (χ2v) is 4.66. The first-order valence-electron chi connectivity index (χ1n) is 4.74. The number of thioether (sulfide) groups is 1. The number of nitrogens with two attached hydrogens (primary N) is 1. The highest BCUT2D eigenvalue weighted by Gasteiger charge is 2.52. The minimum absolute atomic E-state index is 0.0125. The number of carboxylic acids is 1. The Morgan fingerprint density at radius 1 is 1.59 bits per heavy atom. The molecule has 2 atom stereocenters. The number of rotatable bonds is 2. The molecule has 17 heavy (non-hydrogen) atoms. The Kier molecular flexibility index (Phi) is 2.84. The number of fused-ring (bicyclic) bond motifs is 1. The van der Waals surface area contributed by atoms with Gasteiger partial charge in [0.1, 0.15) is 17.1 Å². The highest BCUT2D eigenvalue weighted by molar-refractivity contribution is 8.00. The molecule has 0 saturated carbocycles. The van der Waals surface area contributed by atoms with Gasteiger partial charge in [-0.05, 0) is 0 Å². The third-order valence-electron chi connectivity index (χ3n) is 2.64. The fourth-order valence-corrected chi connectivity index (χ4v) is 3.07. The first-order chi connectivity index (χ1) is 7.99. The Morgan fingerprint density at radius 2 is 2.24 bits per heavy atom. The number of β-lactam (4-membered cyclic amide) rings is 1. The van der Waals surface area contributed by atoms with Crippen molar-refractivity contribution in [2.75, 3.05) is 12.9 Å². The zero-order valence-electron chi connectivity index (χ0n) is 8.87. The van der Waals surface area contributed by atoms with Gasteiger partial charge in [-0.2, -0.15) is 0 Å². The van der Waals surface area contributed by atoms with E-state index in [0.29, 0.717) is 0 Å². The summed E-state index contributed by atoms with van der Waals surface area (Å²) in [5, 5.41) is 8.67. The largest absolute Gasteiger partial charge is 0.477 e. The second kappa shape index (κ2) is 4.04. The summed E-state index contributed by atoms with van der Waals surface area (Å²) in [6.45, 7) is 0. The van der Waals surface area contributed by atoms with Crippen molar-refractivity contribution in [1.29, 1.82) is 0 Å². The van der Waals surface area contributed by atoms with E-state index in [2.05, 4.69) is 4.74 Å². The van der Waals surface area contributed by atoms with Crippen molar-refractivity contribution in [2.45, 2.75) is 11.4 Å². The van der Waals surface area contributed by atoms with Gasteiger partial charge in [0, 0.05) is 5.75 Å². The Labute approximate surface area is 101 Å². The first-order valence-corrected chi connectivity index (χ1v) is 5.79. The summed E-state index contributed by atoms with van der Waals surface area (Å²) in [5.41, 5.74) is 5.22. The lowest BCUT2D eigenvalue weighted by atomic mass is 10.0. The lowest BCUT2D eigenvalue weighted by Crippen LogP contribution is -2.68. The van der Waals surface area contributed by atoms with E-state index in [-0.39, 0.29) is 17.0 Å². The zero-order valence-corrected chi connectivity index (χ0v) is 9.69. The summed E-state index contributed by atoms with van der Waals surface area (Å²) in [6, 6.07) is -0.700. The van der Waals surface area contributed by atoms with Crippen LogP contribution in [0.2, 0.25) is 0 Å². The number of carbonyl (C=O) groups is 3. The molecular weight excluding hydrogens is 248 g/mol.